The molecule has 0 atom stereocenters. The van der Waals surface area contributed by atoms with Crippen molar-refractivity contribution in [2.24, 2.45) is 0 Å². The average molecular weight is 369 g/mol. The average Bonchev–Trinajstić information content (AvgIpc) is 3.10. The van der Waals surface area contributed by atoms with Crippen LogP contribution < -0.4 is 5.69 Å². The maximum Gasteiger partial charge on any atom is 0.339 e. The van der Waals surface area contributed by atoms with Crippen LogP contribution >= 0.6 is 0 Å². The van der Waals surface area contributed by atoms with E-state index < -0.39 is 5.97 Å². The lowest BCUT2D eigenvalue weighted by Crippen LogP contribution is -2.27. The lowest BCUT2D eigenvalue weighted by atomic mass is 10.1. The largest absolute Gasteiger partial charge is 0.465 e. The van der Waals surface area contributed by atoms with E-state index in [1.165, 1.54) is 11.7 Å². The van der Waals surface area contributed by atoms with Gasteiger partial charge >= 0.3 is 11.7 Å². The number of aromatic amines is 1. The lowest BCUT2D eigenvalue weighted by molar-refractivity contribution is 0.0599. The molecule has 0 fully saturated rings. The zero-order chi connectivity index (χ0) is 19.7. The molecule has 2 aromatic heterocycles. The van der Waals surface area contributed by atoms with Gasteiger partial charge < -0.3 is 9.72 Å². The third-order valence-electron chi connectivity index (χ3n) is 4.78. The summed E-state index contributed by atoms with van der Waals surface area (Å²) in [5, 5.41) is 0. The fraction of sp³-hybridized carbons (Fsp3) is 0.350. The predicted molar refractivity (Wildman–Crippen MR) is 102 cm³/mol. The van der Waals surface area contributed by atoms with Crippen LogP contribution in [0.1, 0.15) is 45.4 Å². The van der Waals surface area contributed by atoms with Crippen LogP contribution in [0.3, 0.4) is 0 Å². The van der Waals surface area contributed by atoms with Gasteiger partial charge in [-0.15, -0.1) is 0 Å². The molecule has 0 unspecified atom stereocenters. The highest BCUT2D eigenvalue weighted by molar-refractivity contribution is 6.01. The molecule has 0 saturated carbocycles. The summed E-state index contributed by atoms with van der Waals surface area (Å²) in [5.74, 6) is -0.746. The van der Waals surface area contributed by atoms with Crippen molar-refractivity contribution in [1.29, 1.82) is 0 Å². The van der Waals surface area contributed by atoms with Crippen molar-refractivity contribution in [2.45, 2.75) is 40.3 Å². The Morgan fingerprint density at radius 2 is 1.74 bits per heavy atom. The Hall–Kier alpha value is -3.09. The minimum Gasteiger partial charge on any atom is -0.465 e. The summed E-state index contributed by atoms with van der Waals surface area (Å²) < 4.78 is 7.96. The monoisotopic (exact) mass is 369 g/mol. The summed E-state index contributed by atoms with van der Waals surface area (Å²) in [6.45, 7) is 5.91. The second-order valence-corrected chi connectivity index (χ2v) is 6.55. The number of H-pyrrole nitrogens is 1. The number of ketones is 1. The maximum atomic E-state index is 12.9. The molecule has 0 saturated heterocycles. The number of nitrogens with one attached hydrogen (secondary N) is 1. The molecule has 0 amide bonds. The van der Waals surface area contributed by atoms with Gasteiger partial charge in [-0.25, -0.2) is 9.59 Å². The second kappa shape index (κ2) is 7.26. The fourth-order valence-corrected chi connectivity index (χ4v) is 3.52. The molecule has 0 aliphatic rings. The highest BCUT2D eigenvalue weighted by Gasteiger charge is 2.24. The molecule has 27 heavy (non-hydrogen) atoms. The molecule has 7 heteroatoms. The third kappa shape index (κ3) is 3.09. The molecular formula is C20H23N3O4. The number of fused-ring (bicyclic) bond motifs is 1. The topological polar surface area (TPSA) is 86.1 Å². The van der Waals surface area contributed by atoms with Crippen LogP contribution in [0.2, 0.25) is 0 Å². The Morgan fingerprint density at radius 3 is 2.33 bits per heavy atom. The van der Waals surface area contributed by atoms with Crippen molar-refractivity contribution in [2.75, 3.05) is 7.11 Å². The zero-order valence-corrected chi connectivity index (χ0v) is 16.0. The van der Waals surface area contributed by atoms with Crippen molar-refractivity contribution in [3.05, 3.63) is 57.3 Å². The van der Waals surface area contributed by atoms with E-state index >= 15 is 0 Å². The van der Waals surface area contributed by atoms with Gasteiger partial charge in [0, 0.05) is 12.2 Å². The normalized spacial score (nSPS) is 11.1. The number of Topliss-reactive ketones (excluding diaryl/α,β-unsaturated/α-hetero) is 1. The summed E-state index contributed by atoms with van der Waals surface area (Å²) in [5.41, 5.74) is 3.12. The number of methoxy groups -OCH3 is 1. The van der Waals surface area contributed by atoms with Gasteiger partial charge in [0.05, 0.1) is 35.9 Å². The van der Waals surface area contributed by atoms with E-state index in [9.17, 15) is 14.4 Å². The number of hydrogen-bond donors (Lipinski definition) is 1. The van der Waals surface area contributed by atoms with Gasteiger partial charge in [-0.3, -0.25) is 13.9 Å². The van der Waals surface area contributed by atoms with Gasteiger partial charge in [0.15, 0.2) is 5.78 Å². The first-order chi connectivity index (χ1) is 12.9. The minimum absolute atomic E-state index is 0.0997. The number of imidazole rings is 1. The number of aromatic nitrogens is 3. The quantitative estimate of drug-likeness (QED) is 0.535. The fourth-order valence-electron chi connectivity index (χ4n) is 3.52. The first kappa shape index (κ1) is 18.7. The Morgan fingerprint density at radius 1 is 1.11 bits per heavy atom. The van der Waals surface area contributed by atoms with E-state index in [0.29, 0.717) is 29.1 Å². The summed E-state index contributed by atoms with van der Waals surface area (Å²) in [6.07, 6.45) is 0.819. The van der Waals surface area contributed by atoms with Crippen LogP contribution in [0, 0.1) is 13.8 Å². The molecular weight excluding hydrogens is 346 g/mol. The number of para-hydroxylation sites is 2. The Balaban J connectivity index is 2.04. The van der Waals surface area contributed by atoms with E-state index in [-0.39, 0.29) is 18.0 Å². The number of benzene rings is 1. The van der Waals surface area contributed by atoms with Crippen molar-refractivity contribution < 1.29 is 14.3 Å². The number of aryl methyl sites for hydroxylation is 2. The SMILES string of the molecule is CCCn1c(=O)n(CC(=O)c2[nH]c(C)c(C(=O)OC)c2C)c2ccccc21. The highest BCUT2D eigenvalue weighted by atomic mass is 16.5. The summed E-state index contributed by atoms with van der Waals surface area (Å²) >= 11 is 0. The molecule has 3 rings (SSSR count). The van der Waals surface area contributed by atoms with E-state index in [1.54, 1.807) is 18.4 Å². The maximum absolute atomic E-state index is 12.9. The van der Waals surface area contributed by atoms with Crippen LogP contribution in [0.5, 0.6) is 0 Å². The lowest BCUT2D eigenvalue weighted by Gasteiger charge is -2.03. The Bertz CT molecular complexity index is 1080. The van der Waals surface area contributed by atoms with Crippen molar-refractivity contribution >= 4 is 22.8 Å². The van der Waals surface area contributed by atoms with Gasteiger partial charge in [-0.2, -0.15) is 0 Å². The van der Waals surface area contributed by atoms with Crippen LogP contribution in [-0.4, -0.2) is 33.0 Å². The second-order valence-electron chi connectivity index (χ2n) is 6.55. The molecule has 0 aliphatic carbocycles. The zero-order valence-electron chi connectivity index (χ0n) is 16.0. The van der Waals surface area contributed by atoms with Crippen LogP contribution in [-0.2, 0) is 17.8 Å². The van der Waals surface area contributed by atoms with Gasteiger partial charge in [0.2, 0.25) is 0 Å². The van der Waals surface area contributed by atoms with Crippen molar-refractivity contribution in [3.63, 3.8) is 0 Å². The summed E-state index contributed by atoms with van der Waals surface area (Å²) in [7, 11) is 1.30. The Labute approximate surface area is 156 Å². The van der Waals surface area contributed by atoms with Gasteiger partial charge in [-0.1, -0.05) is 19.1 Å². The predicted octanol–water partition coefficient (Wildman–Crippen LogP) is 2.83. The number of rotatable bonds is 6. The van der Waals surface area contributed by atoms with Crippen LogP contribution in [0.25, 0.3) is 11.0 Å². The highest BCUT2D eigenvalue weighted by Crippen LogP contribution is 2.20. The number of carbonyl (C=O) groups is 2. The standard InChI is InChI=1S/C20H23N3O4/c1-5-10-22-14-8-6-7-9-15(14)23(20(22)26)11-16(24)18-12(2)17(13(3)21-18)19(25)27-4/h6-9,21H,5,10-11H2,1-4H3. The van der Waals surface area contributed by atoms with Crippen molar-refractivity contribution in [1.82, 2.24) is 14.1 Å². The molecule has 0 bridgehead atoms. The van der Waals surface area contributed by atoms with Gasteiger partial charge in [-0.05, 0) is 38.0 Å². The van der Waals surface area contributed by atoms with Gasteiger partial charge in [0.1, 0.15) is 0 Å². The number of hydrogen-bond acceptors (Lipinski definition) is 4. The van der Waals surface area contributed by atoms with E-state index in [1.807, 2.05) is 31.2 Å². The molecule has 142 valence electrons. The third-order valence-corrected chi connectivity index (χ3v) is 4.78. The number of nitrogens with zero attached hydrogens (tertiary/aromatic N) is 2. The summed E-state index contributed by atoms with van der Waals surface area (Å²) in [4.78, 5) is 40.7. The van der Waals surface area contributed by atoms with Crippen molar-refractivity contribution in [3.8, 4) is 0 Å². The molecule has 3 aromatic rings. The number of esters is 1. The molecule has 0 radical (unpaired) electrons. The van der Waals surface area contributed by atoms with Crippen LogP contribution in [0.4, 0.5) is 0 Å². The minimum atomic E-state index is -0.489. The molecule has 1 aromatic carbocycles. The summed E-state index contributed by atoms with van der Waals surface area (Å²) in [6, 6.07) is 7.44. The molecule has 7 nitrogen and oxygen atoms in total. The van der Waals surface area contributed by atoms with Gasteiger partial charge in [0.25, 0.3) is 0 Å². The van der Waals surface area contributed by atoms with E-state index in [4.69, 9.17) is 4.74 Å². The first-order valence-electron chi connectivity index (χ1n) is 8.89. The molecule has 0 spiro atoms. The van der Waals surface area contributed by atoms with E-state index in [2.05, 4.69) is 4.98 Å². The molecule has 1 N–H and O–H groups in total. The molecule has 2 heterocycles. The van der Waals surface area contributed by atoms with E-state index in [0.717, 1.165) is 17.5 Å². The first-order valence-corrected chi connectivity index (χ1v) is 8.89. The molecule has 0 aliphatic heterocycles. The smallest absolute Gasteiger partial charge is 0.339 e. The number of ether oxygens (including phenoxy) is 1. The Kier molecular flexibility index (Phi) is 5.03. The van der Waals surface area contributed by atoms with Crippen LogP contribution in [0.15, 0.2) is 29.1 Å². The number of carbonyl (C=O) groups excluding carboxylic acids is 2.